The van der Waals surface area contributed by atoms with Gasteiger partial charge in [0.15, 0.2) is 5.65 Å². The number of halogens is 1. The van der Waals surface area contributed by atoms with Crippen LogP contribution in [-0.2, 0) is 4.74 Å². The Bertz CT molecular complexity index is 652. The maximum Gasteiger partial charge on any atom is 0.409 e. The number of amides is 1. The molecule has 112 valence electrons. The fraction of sp³-hybridized carbons (Fsp3) is 0.500. The van der Waals surface area contributed by atoms with E-state index in [1.807, 2.05) is 0 Å². The molecule has 8 nitrogen and oxygen atoms in total. The molecule has 1 N–H and O–H groups in total. The van der Waals surface area contributed by atoms with Crippen LogP contribution in [0, 0.1) is 0 Å². The molecule has 21 heavy (non-hydrogen) atoms. The molecule has 0 unspecified atom stereocenters. The van der Waals surface area contributed by atoms with Gasteiger partial charge in [0.05, 0.1) is 18.2 Å². The zero-order chi connectivity index (χ0) is 14.8. The molecule has 1 saturated heterocycles. The molecule has 0 bridgehead atoms. The Morgan fingerprint density at radius 2 is 2.14 bits per heavy atom. The van der Waals surface area contributed by atoms with E-state index in [9.17, 15) is 4.79 Å². The van der Waals surface area contributed by atoms with E-state index < -0.39 is 0 Å². The van der Waals surface area contributed by atoms with Crippen LogP contribution < -0.4 is 4.90 Å². The van der Waals surface area contributed by atoms with Crippen LogP contribution in [0.5, 0.6) is 0 Å². The Morgan fingerprint density at radius 3 is 2.86 bits per heavy atom. The number of fused-ring (bicyclic) bond motifs is 1. The molecular weight excluding hydrogens is 296 g/mol. The van der Waals surface area contributed by atoms with Gasteiger partial charge in [-0.25, -0.2) is 4.79 Å². The molecule has 2 aromatic rings. The summed E-state index contributed by atoms with van der Waals surface area (Å²) in [6.45, 7) is 4.67. The fourth-order valence-corrected chi connectivity index (χ4v) is 2.51. The molecule has 1 amide bonds. The Morgan fingerprint density at radius 1 is 1.38 bits per heavy atom. The number of nitrogens with one attached hydrogen (secondary N) is 1. The van der Waals surface area contributed by atoms with E-state index in [4.69, 9.17) is 16.3 Å². The first-order valence-electron chi connectivity index (χ1n) is 6.72. The summed E-state index contributed by atoms with van der Waals surface area (Å²) in [4.78, 5) is 23.8. The maximum atomic E-state index is 11.7. The Kier molecular flexibility index (Phi) is 3.78. The summed E-state index contributed by atoms with van der Waals surface area (Å²) in [5.41, 5.74) is 0.609. The standard InChI is InChI=1S/C12H15ClN6O2/c1-2-21-12(20)19-5-3-18(4-6-19)10-8-7-14-17-9(8)15-11(13)16-10/h7H,2-6H2,1H3,(H,14,15,16,17). The number of hydrogen-bond donors (Lipinski definition) is 1. The van der Waals surface area contributed by atoms with Gasteiger partial charge >= 0.3 is 6.09 Å². The summed E-state index contributed by atoms with van der Waals surface area (Å²) in [5.74, 6) is 0.738. The number of aromatic amines is 1. The van der Waals surface area contributed by atoms with Crippen molar-refractivity contribution in [1.82, 2.24) is 25.1 Å². The van der Waals surface area contributed by atoms with E-state index in [0.29, 0.717) is 38.4 Å². The van der Waals surface area contributed by atoms with Gasteiger partial charge in [-0.1, -0.05) is 0 Å². The van der Waals surface area contributed by atoms with Crippen LogP contribution in [0.4, 0.5) is 10.6 Å². The van der Waals surface area contributed by atoms with Crippen molar-refractivity contribution in [1.29, 1.82) is 0 Å². The molecule has 0 aliphatic carbocycles. The zero-order valence-electron chi connectivity index (χ0n) is 11.5. The van der Waals surface area contributed by atoms with Crippen molar-refractivity contribution in [2.75, 3.05) is 37.7 Å². The van der Waals surface area contributed by atoms with Gasteiger partial charge in [-0.15, -0.1) is 0 Å². The van der Waals surface area contributed by atoms with E-state index in [0.717, 1.165) is 11.2 Å². The van der Waals surface area contributed by atoms with Crippen LogP contribution in [0.1, 0.15) is 6.92 Å². The molecule has 3 rings (SSSR count). The summed E-state index contributed by atoms with van der Waals surface area (Å²) in [6.07, 6.45) is 1.41. The van der Waals surface area contributed by atoms with E-state index in [2.05, 4.69) is 25.1 Å². The fourth-order valence-electron chi connectivity index (χ4n) is 2.35. The number of carbonyl (C=O) groups is 1. The largest absolute Gasteiger partial charge is 0.450 e. The second kappa shape index (κ2) is 5.72. The topological polar surface area (TPSA) is 87.2 Å². The van der Waals surface area contributed by atoms with E-state index in [1.54, 1.807) is 18.0 Å². The summed E-state index contributed by atoms with van der Waals surface area (Å²) < 4.78 is 5.01. The normalized spacial score (nSPS) is 15.5. The number of nitrogens with zero attached hydrogens (tertiary/aromatic N) is 5. The molecule has 0 aromatic carbocycles. The Balaban J connectivity index is 1.77. The molecule has 0 radical (unpaired) electrons. The molecule has 3 heterocycles. The zero-order valence-corrected chi connectivity index (χ0v) is 12.3. The first kappa shape index (κ1) is 13.9. The quantitative estimate of drug-likeness (QED) is 0.841. The van der Waals surface area contributed by atoms with Crippen molar-refractivity contribution in [2.45, 2.75) is 6.92 Å². The first-order valence-corrected chi connectivity index (χ1v) is 7.10. The van der Waals surface area contributed by atoms with Crippen LogP contribution in [0.2, 0.25) is 5.28 Å². The third-order valence-corrected chi connectivity index (χ3v) is 3.54. The van der Waals surface area contributed by atoms with Crippen LogP contribution in [0.15, 0.2) is 6.20 Å². The van der Waals surface area contributed by atoms with Crippen molar-refractivity contribution in [2.24, 2.45) is 0 Å². The molecular formula is C12H15ClN6O2. The average Bonchev–Trinajstić information content (AvgIpc) is 2.95. The number of rotatable bonds is 2. The highest BCUT2D eigenvalue weighted by molar-refractivity contribution is 6.28. The summed E-state index contributed by atoms with van der Waals surface area (Å²) in [7, 11) is 0. The highest BCUT2D eigenvalue weighted by Gasteiger charge is 2.24. The third-order valence-electron chi connectivity index (χ3n) is 3.37. The summed E-state index contributed by atoms with van der Waals surface area (Å²) >= 11 is 5.94. The lowest BCUT2D eigenvalue weighted by Gasteiger charge is -2.34. The van der Waals surface area contributed by atoms with Gasteiger partial charge in [0.25, 0.3) is 0 Å². The van der Waals surface area contributed by atoms with Crippen molar-refractivity contribution < 1.29 is 9.53 Å². The Labute approximate surface area is 126 Å². The van der Waals surface area contributed by atoms with Crippen molar-refractivity contribution >= 4 is 34.5 Å². The van der Waals surface area contributed by atoms with Crippen LogP contribution in [0.25, 0.3) is 11.0 Å². The molecule has 2 aromatic heterocycles. The summed E-state index contributed by atoms with van der Waals surface area (Å²) in [5, 5.41) is 7.75. The van der Waals surface area contributed by atoms with Crippen molar-refractivity contribution in [3.63, 3.8) is 0 Å². The lowest BCUT2D eigenvalue weighted by Crippen LogP contribution is -2.49. The van der Waals surface area contributed by atoms with Gasteiger partial charge in [-0.05, 0) is 18.5 Å². The van der Waals surface area contributed by atoms with Gasteiger partial charge in [0.1, 0.15) is 5.82 Å². The molecule has 1 fully saturated rings. The van der Waals surface area contributed by atoms with Crippen LogP contribution in [0.3, 0.4) is 0 Å². The number of aromatic nitrogens is 4. The van der Waals surface area contributed by atoms with Crippen molar-refractivity contribution in [3.8, 4) is 0 Å². The van der Waals surface area contributed by atoms with E-state index in [-0.39, 0.29) is 11.4 Å². The highest BCUT2D eigenvalue weighted by Crippen LogP contribution is 2.24. The van der Waals surface area contributed by atoms with Gasteiger partial charge in [0.2, 0.25) is 5.28 Å². The van der Waals surface area contributed by atoms with Gasteiger partial charge < -0.3 is 14.5 Å². The molecule has 1 aliphatic rings. The average molecular weight is 311 g/mol. The number of ether oxygens (including phenoxy) is 1. The smallest absolute Gasteiger partial charge is 0.409 e. The molecule has 0 saturated carbocycles. The monoisotopic (exact) mass is 310 g/mol. The minimum absolute atomic E-state index is 0.176. The molecule has 0 spiro atoms. The third kappa shape index (κ3) is 2.71. The minimum atomic E-state index is -0.272. The van der Waals surface area contributed by atoms with Crippen LogP contribution in [-0.4, -0.2) is 63.9 Å². The number of piperazine rings is 1. The number of hydrogen-bond acceptors (Lipinski definition) is 6. The maximum absolute atomic E-state index is 11.7. The first-order chi connectivity index (χ1) is 10.2. The van der Waals surface area contributed by atoms with E-state index in [1.165, 1.54) is 0 Å². The van der Waals surface area contributed by atoms with Crippen molar-refractivity contribution in [3.05, 3.63) is 11.5 Å². The Hall–Kier alpha value is -2.09. The lowest BCUT2D eigenvalue weighted by atomic mass is 10.3. The highest BCUT2D eigenvalue weighted by atomic mass is 35.5. The molecule has 1 aliphatic heterocycles. The predicted molar refractivity (Wildman–Crippen MR) is 77.5 cm³/mol. The van der Waals surface area contributed by atoms with Crippen LogP contribution >= 0.6 is 11.6 Å². The predicted octanol–water partition coefficient (Wildman–Crippen LogP) is 1.28. The van der Waals surface area contributed by atoms with Gasteiger partial charge in [0, 0.05) is 26.2 Å². The summed E-state index contributed by atoms with van der Waals surface area (Å²) in [6, 6.07) is 0. The van der Waals surface area contributed by atoms with Gasteiger partial charge in [-0.2, -0.15) is 15.1 Å². The minimum Gasteiger partial charge on any atom is -0.450 e. The van der Waals surface area contributed by atoms with Gasteiger partial charge in [-0.3, -0.25) is 5.10 Å². The second-order valence-corrected chi connectivity index (χ2v) is 4.96. The lowest BCUT2D eigenvalue weighted by molar-refractivity contribution is 0.105. The molecule has 9 heteroatoms. The SMILES string of the molecule is CCOC(=O)N1CCN(c2nc(Cl)nc3[nH]ncc23)CC1. The number of carbonyl (C=O) groups excluding carboxylic acids is 1. The number of anilines is 1. The number of H-pyrrole nitrogens is 1. The molecule has 0 atom stereocenters. The second-order valence-electron chi connectivity index (χ2n) is 4.62. The van der Waals surface area contributed by atoms with E-state index >= 15 is 0 Å².